The molecule has 1 aromatic carbocycles. The highest BCUT2D eigenvalue weighted by atomic mass is 19.3. The lowest BCUT2D eigenvalue weighted by Gasteiger charge is -2.40. The first-order valence-corrected chi connectivity index (χ1v) is 10.3. The van der Waals surface area contributed by atoms with E-state index < -0.39 is 6.61 Å². The molecule has 3 aromatic rings. The first-order valence-electron chi connectivity index (χ1n) is 10.3. The third kappa shape index (κ3) is 4.90. The van der Waals surface area contributed by atoms with Crippen LogP contribution in [0.3, 0.4) is 0 Å². The summed E-state index contributed by atoms with van der Waals surface area (Å²) in [4.78, 5) is 17.5. The van der Waals surface area contributed by atoms with Gasteiger partial charge in [-0.15, -0.1) is 0 Å². The molecule has 6 nitrogen and oxygen atoms in total. The van der Waals surface area contributed by atoms with Crippen molar-refractivity contribution in [2.24, 2.45) is 0 Å². The van der Waals surface area contributed by atoms with E-state index in [0.29, 0.717) is 0 Å². The number of aromatic nitrogens is 3. The number of pyridine rings is 1. The van der Waals surface area contributed by atoms with Gasteiger partial charge in [0, 0.05) is 31.0 Å². The Morgan fingerprint density at radius 2 is 1.68 bits per heavy atom. The maximum atomic E-state index is 12.5. The number of ether oxygens (including phenoxy) is 1. The molecule has 8 heteroatoms. The minimum atomic E-state index is -2.84. The van der Waals surface area contributed by atoms with Crippen molar-refractivity contribution in [3.63, 3.8) is 0 Å². The van der Waals surface area contributed by atoms with Gasteiger partial charge >= 0.3 is 6.61 Å². The molecule has 0 N–H and O–H groups in total. The summed E-state index contributed by atoms with van der Waals surface area (Å²) in [5.74, 6) is 0.909. The minimum absolute atomic E-state index is 0.149. The monoisotopic (exact) mass is 425 g/mol. The molecule has 3 heterocycles. The van der Waals surface area contributed by atoms with Crippen LogP contribution in [0.2, 0.25) is 0 Å². The van der Waals surface area contributed by atoms with Gasteiger partial charge in [-0.1, -0.05) is 0 Å². The van der Waals surface area contributed by atoms with Gasteiger partial charge in [-0.3, -0.25) is 4.98 Å². The molecule has 0 spiro atoms. The highest BCUT2D eigenvalue weighted by Crippen LogP contribution is 2.35. The van der Waals surface area contributed by atoms with Gasteiger partial charge in [0.05, 0.1) is 30.0 Å². The molecule has 0 saturated carbocycles. The van der Waals surface area contributed by atoms with Gasteiger partial charge in [-0.25, -0.2) is 9.97 Å². The first-order chi connectivity index (χ1) is 15.0. The number of halogens is 2. The number of hydrogen-bond acceptors (Lipinski definition) is 6. The average Bonchev–Trinajstić information content (AvgIpc) is 2.77. The number of aryl methyl sites for hydroxylation is 2. The van der Waals surface area contributed by atoms with Gasteiger partial charge in [-0.05, 0) is 62.6 Å². The molecule has 4 rings (SSSR count). The zero-order valence-corrected chi connectivity index (χ0v) is 17.6. The van der Waals surface area contributed by atoms with Crippen LogP contribution < -0.4 is 14.5 Å². The number of alkyl halides is 2. The summed E-state index contributed by atoms with van der Waals surface area (Å²) in [5, 5.41) is 0. The molecular formula is C23H25F2N5O. The van der Waals surface area contributed by atoms with Crippen LogP contribution >= 0.6 is 0 Å². The van der Waals surface area contributed by atoms with Crippen molar-refractivity contribution in [2.75, 3.05) is 22.9 Å². The van der Waals surface area contributed by atoms with Crippen molar-refractivity contribution in [1.82, 2.24) is 15.0 Å². The Hall–Kier alpha value is -3.29. The van der Waals surface area contributed by atoms with Crippen molar-refractivity contribution in [3.05, 3.63) is 66.5 Å². The van der Waals surface area contributed by atoms with E-state index in [1.807, 2.05) is 43.7 Å². The molecule has 0 bridgehead atoms. The van der Waals surface area contributed by atoms with E-state index in [2.05, 4.69) is 36.4 Å². The number of piperidine rings is 1. The number of benzene rings is 1. The van der Waals surface area contributed by atoms with Crippen LogP contribution in [0.25, 0.3) is 0 Å². The van der Waals surface area contributed by atoms with Crippen molar-refractivity contribution in [1.29, 1.82) is 0 Å². The molecule has 31 heavy (non-hydrogen) atoms. The second-order valence-electron chi connectivity index (χ2n) is 7.61. The van der Waals surface area contributed by atoms with Crippen LogP contribution in [0.4, 0.5) is 25.8 Å². The smallest absolute Gasteiger partial charge is 0.387 e. The number of hydrogen-bond donors (Lipinski definition) is 0. The average molecular weight is 425 g/mol. The van der Waals surface area contributed by atoms with Crippen LogP contribution in [-0.4, -0.2) is 40.7 Å². The molecule has 162 valence electrons. The Morgan fingerprint density at radius 3 is 2.29 bits per heavy atom. The van der Waals surface area contributed by atoms with E-state index in [-0.39, 0.29) is 11.8 Å². The SMILES string of the molecule is Cc1ncc(N2CCC(N(c3ccc(OC(F)F)cc3)c3cnccc3C)CC2)cn1. The molecule has 0 aliphatic carbocycles. The van der Waals surface area contributed by atoms with E-state index in [1.54, 1.807) is 18.3 Å². The van der Waals surface area contributed by atoms with E-state index in [9.17, 15) is 8.78 Å². The Labute approximate surface area is 180 Å². The molecule has 0 atom stereocenters. The predicted molar refractivity (Wildman–Crippen MR) is 116 cm³/mol. The van der Waals surface area contributed by atoms with Gasteiger partial charge in [0.1, 0.15) is 11.6 Å². The Kier molecular flexibility index (Phi) is 6.25. The fraction of sp³-hybridized carbons (Fsp3) is 0.348. The largest absolute Gasteiger partial charge is 0.435 e. The molecule has 0 amide bonds. The number of rotatable bonds is 6. The van der Waals surface area contributed by atoms with Crippen molar-refractivity contribution < 1.29 is 13.5 Å². The van der Waals surface area contributed by atoms with E-state index >= 15 is 0 Å². The van der Waals surface area contributed by atoms with Crippen molar-refractivity contribution >= 4 is 17.1 Å². The second-order valence-corrected chi connectivity index (χ2v) is 7.61. The summed E-state index contributed by atoms with van der Waals surface area (Å²) in [5.41, 5.74) is 4.08. The fourth-order valence-corrected chi connectivity index (χ4v) is 3.97. The molecule has 1 saturated heterocycles. The van der Waals surface area contributed by atoms with Gasteiger partial charge in [0.15, 0.2) is 0 Å². The predicted octanol–water partition coefficient (Wildman–Crippen LogP) is 4.90. The lowest BCUT2D eigenvalue weighted by atomic mass is 10.00. The summed E-state index contributed by atoms with van der Waals surface area (Å²) >= 11 is 0. The molecule has 2 aromatic heterocycles. The molecule has 1 aliphatic heterocycles. The molecule has 1 aliphatic rings. The molecule has 0 unspecified atom stereocenters. The summed E-state index contributed by atoms with van der Waals surface area (Å²) in [6.45, 7) is 2.84. The summed E-state index contributed by atoms with van der Waals surface area (Å²) < 4.78 is 29.6. The third-order valence-electron chi connectivity index (χ3n) is 5.57. The summed E-state index contributed by atoms with van der Waals surface area (Å²) in [6, 6.07) is 9.04. The first kappa shape index (κ1) is 21.0. The van der Waals surface area contributed by atoms with Crippen LogP contribution in [0.5, 0.6) is 5.75 Å². The number of nitrogens with zero attached hydrogens (tertiary/aromatic N) is 5. The van der Waals surface area contributed by atoms with Gasteiger partial charge in [0.25, 0.3) is 0 Å². The molecule has 0 radical (unpaired) electrons. The summed E-state index contributed by atoms with van der Waals surface area (Å²) in [7, 11) is 0. The van der Waals surface area contributed by atoms with Crippen LogP contribution in [-0.2, 0) is 0 Å². The zero-order chi connectivity index (χ0) is 21.8. The van der Waals surface area contributed by atoms with E-state index in [1.165, 1.54) is 0 Å². The standard InChI is InChI=1S/C23H25F2N5O/c1-16-7-10-26-15-22(16)30(18-3-5-21(6-4-18)31-23(24)25)19-8-11-29(12-9-19)20-13-27-17(2)28-14-20/h3-7,10,13-15,19,23H,8-9,11-12H2,1-2H3. The second kappa shape index (κ2) is 9.24. The third-order valence-corrected chi connectivity index (χ3v) is 5.57. The fourth-order valence-electron chi connectivity index (χ4n) is 3.97. The highest BCUT2D eigenvalue weighted by molar-refractivity contribution is 5.67. The van der Waals surface area contributed by atoms with Crippen LogP contribution in [0.15, 0.2) is 55.1 Å². The van der Waals surface area contributed by atoms with Crippen molar-refractivity contribution in [2.45, 2.75) is 39.3 Å². The highest BCUT2D eigenvalue weighted by Gasteiger charge is 2.27. The Balaban J connectivity index is 1.57. The Bertz CT molecular complexity index is 990. The quantitative estimate of drug-likeness (QED) is 0.560. The molecule has 1 fully saturated rings. The van der Waals surface area contributed by atoms with Gasteiger partial charge in [0.2, 0.25) is 0 Å². The van der Waals surface area contributed by atoms with Crippen LogP contribution in [0, 0.1) is 13.8 Å². The maximum absolute atomic E-state index is 12.5. The minimum Gasteiger partial charge on any atom is -0.435 e. The Morgan fingerprint density at radius 1 is 1.00 bits per heavy atom. The lowest BCUT2D eigenvalue weighted by molar-refractivity contribution is -0.0498. The van der Waals surface area contributed by atoms with Crippen molar-refractivity contribution in [3.8, 4) is 5.75 Å². The topological polar surface area (TPSA) is 54.4 Å². The normalized spacial score (nSPS) is 14.7. The zero-order valence-electron chi connectivity index (χ0n) is 17.6. The maximum Gasteiger partial charge on any atom is 0.387 e. The van der Waals surface area contributed by atoms with Crippen LogP contribution in [0.1, 0.15) is 24.2 Å². The van der Waals surface area contributed by atoms with Gasteiger partial charge < -0.3 is 14.5 Å². The van der Waals surface area contributed by atoms with E-state index in [0.717, 1.165) is 54.4 Å². The lowest BCUT2D eigenvalue weighted by Crippen LogP contribution is -2.43. The summed E-state index contributed by atoms with van der Waals surface area (Å²) in [6.07, 6.45) is 9.23. The van der Waals surface area contributed by atoms with Gasteiger partial charge in [-0.2, -0.15) is 8.78 Å². The van der Waals surface area contributed by atoms with E-state index in [4.69, 9.17) is 0 Å². The number of anilines is 3. The molecular weight excluding hydrogens is 400 g/mol.